The number of nitrogens with one attached hydrogen (secondary N) is 1. The number of amides is 2. The summed E-state index contributed by atoms with van der Waals surface area (Å²) in [7, 11) is 1.79. The molecule has 0 spiro atoms. The smallest absolute Gasteiger partial charge is 0.356 e. The highest BCUT2D eigenvalue weighted by atomic mass is 32.2. The lowest BCUT2D eigenvalue weighted by molar-refractivity contribution is 0.0691. The molecule has 0 saturated carbocycles. The molecule has 2 N–H and O–H groups in total. The Morgan fingerprint density at radius 2 is 2.29 bits per heavy atom. The summed E-state index contributed by atoms with van der Waals surface area (Å²) in [5, 5.41) is 11.6. The van der Waals surface area contributed by atoms with Crippen molar-refractivity contribution in [2.75, 3.05) is 25.6 Å². The first-order valence-corrected chi connectivity index (χ1v) is 8.13. The first kappa shape index (κ1) is 17.4. The fourth-order valence-corrected chi connectivity index (χ4v) is 2.72. The second-order valence-corrected chi connectivity index (χ2v) is 5.57. The average molecular weight is 314 g/mol. The Hall–Kier alpha value is -1.70. The van der Waals surface area contributed by atoms with Gasteiger partial charge in [-0.3, -0.25) is 0 Å². The zero-order chi connectivity index (χ0) is 15.8. The van der Waals surface area contributed by atoms with E-state index in [0.29, 0.717) is 13.1 Å². The van der Waals surface area contributed by atoms with Gasteiger partial charge in [0.1, 0.15) is 0 Å². The number of carbonyl (C=O) groups excluding carboxylic acids is 1. The van der Waals surface area contributed by atoms with Crippen LogP contribution in [0, 0.1) is 0 Å². The van der Waals surface area contributed by atoms with Crippen molar-refractivity contribution >= 4 is 23.8 Å². The molecule has 0 aliphatic rings. The first-order valence-electron chi connectivity index (χ1n) is 6.74. The lowest BCUT2D eigenvalue weighted by Gasteiger charge is -2.26. The van der Waals surface area contributed by atoms with Gasteiger partial charge in [-0.15, -0.1) is 0 Å². The lowest BCUT2D eigenvalue weighted by Crippen LogP contribution is -2.45. The van der Waals surface area contributed by atoms with E-state index in [0.717, 1.165) is 12.2 Å². The molecule has 1 rings (SSSR count). The fourth-order valence-electron chi connectivity index (χ4n) is 1.87. The summed E-state index contributed by atoms with van der Waals surface area (Å²) in [6, 6.07) is 0.0985. The fraction of sp³-hybridized carbons (Fsp3) is 0.615. The minimum absolute atomic E-state index is 0.00413. The van der Waals surface area contributed by atoms with Crippen LogP contribution in [0.4, 0.5) is 4.79 Å². The summed E-state index contributed by atoms with van der Waals surface area (Å²) in [4.78, 5) is 28.2. The minimum Gasteiger partial charge on any atom is -0.476 e. The number of carboxylic acids is 1. The number of nitrogens with zero attached hydrogens (tertiary/aromatic N) is 3. The van der Waals surface area contributed by atoms with Crippen LogP contribution in [0.5, 0.6) is 0 Å². The highest BCUT2D eigenvalue weighted by Gasteiger charge is 2.17. The molecular formula is C13H22N4O3S. The molecule has 0 aromatic carbocycles. The second-order valence-electron chi connectivity index (χ2n) is 4.66. The topological polar surface area (TPSA) is 87.5 Å². The first-order chi connectivity index (χ1) is 9.99. The molecule has 8 heteroatoms. The Morgan fingerprint density at radius 1 is 1.57 bits per heavy atom. The Morgan fingerprint density at radius 3 is 2.81 bits per heavy atom. The Kier molecular flexibility index (Phi) is 7.07. The van der Waals surface area contributed by atoms with Crippen molar-refractivity contribution in [1.82, 2.24) is 19.8 Å². The van der Waals surface area contributed by atoms with Gasteiger partial charge in [-0.2, -0.15) is 11.8 Å². The van der Waals surface area contributed by atoms with Crippen LogP contribution in [0.3, 0.4) is 0 Å². The predicted molar refractivity (Wildman–Crippen MR) is 82.8 cm³/mol. The van der Waals surface area contributed by atoms with E-state index in [4.69, 9.17) is 5.11 Å². The van der Waals surface area contributed by atoms with Crippen LogP contribution in [-0.4, -0.2) is 63.2 Å². The summed E-state index contributed by atoms with van der Waals surface area (Å²) in [5.74, 6) is -0.149. The molecule has 0 aliphatic carbocycles. The highest BCUT2D eigenvalue weighted by molar-refractivity contribution is 7.98. The lowest BCUT2D eigenvalue weighted by atomic mass is 10.2. The zero-order valence-electron chi connectivity index (χ0n) is 12.6. The molecule has 0 aliphatic heterocycles. The van der Waals surface area contributed by atoms with Gasteiger partial charge in [-0.05, 0) is 12.7 Å². The second kappa shape index (κ2) is 8.56. The van der Waals surface area contributed by atoms with E-state index in [1.54, 1.807) is 28.3 Å². The Bertz CT molecular complexity index is 478. The third-order valence-corrected chi connectivity index (χ3v) is 3.92. The average Bonchev–Trinajstić information content (AvgIpc) is 2.93. The van der Waals surface area contributed by atoms with Crippen LogP contribution in [-0.2, 0) is 6.54 Å². The molecule has 0 bridgehead atoms. The van der Waals surface area contributed by atoms with Crippen LogP contribution >= 0.6 is 11.8 Å². The maximum absolute atomic E-state index is 12.0. The predicted octanol–water partition coefficient (Wildman–Crippen LogP) is 1.36. The minimum atomic E-state index is -1.06. The number of thioether (sulfide) groups is 1. The summed E-state index contributed by atoms with van der Waals surface area (Å²) in [6.07, 6.45) is 5.82. The number of rotatable bonds is 8. The molecule has 0 saturated heterocycles. The van der Waals surface area contributed by atoms with E-state index in [1.165, 1.54) is 12.5 Å². The van der Waals surface area contributed by atoms with Gasteiger partial charge >= 0.3 is 12.0 Å². The van der Waals surface area contributed by atoms with Crippen molar-refractivity contribution < 1.29 is 14.7 Å². The molecule has 7 nitrogen and oxygen atoms in total. The van der Waals surface area contributed by atoms with E-state index < -0.39 is 5.97 Å². The maximum Gasteiger partial charge on any atom is 0.356 e. The standard InChI is InChI=1S/C13H22N4O3S/c1-4-10(8-21-3)16(2)13(20)14-5-6-17-7-11(12(18)19)15-9-17/h7,9-10H,4-6,8H2,1-3H3,(H,14,20)(H,18,19). The van der Waals surface area contributed by atoms with Crippen LogP contribution in [0.25, 0.3) is 0 Å². The molecule has 21 heavy (non-hydrogen) atoms. The van der Waals surface area contributed by atoms with E-state index in [-0.39, 0.29) is 17.8 Å². The highest BCUT2D eigenvalue weighted by Crippen LogP contribution is 2.08. The van der Waals surface area contributed by atoms with E-state index in [9.17, 15) is 9.59 Å². The molecule has 118 valence electrons. The van der Waals surface area contributed by atoms with E-state index in [1.807, 2.05) is 6.26 Å². The molecule has 1 heterocycles. The summed E-state index contributed by atoms with van der Waals surface area (Å²) >= 11 is 1.72. The number of aromatic carboxylic acids is 1. The van der Waals surface area contributed by atoms with Crippen molar-refractivity contribution in [2.45, 2.75) is 25.9 Å². The largest absolute Gasteiger partial charge is 0.476 e. The van der Waals surface area contributed by atoms with Crippen molar-refractivity contribution in [1.29, 1.82) is 0 Å². The third kappa shape index (κ3) is 5.30. The van der Waals surface area contributed by atoms with Gasteiger partial charge in [0, 0.05) is 38.1 Å². The number of imidazole rings is 1. The summed E-state index contributed by atoms with van der Waals surface area (Å²) < 4.78 is 1.64. The van der Waals surface area contributed by atoms with Crippen LogP contribution < -0.4 is 5.32 Å². The van der Waals surface area contributed by atoms with Crippen LogP contribution in [0.2, 0.25) is 0 Å². The molecule has 0 fully saturated rings. The quantitative estimate of drug-likeness (QED) is 0.756. The number of carboxylic acid groups (broad SMARTS) is 1. The number of carbonyl (C=O) groups is 2. The molecule has 2 amide bonds. The van der Waals surface area contributed by atoms with Crippen molar-refractivity contribution in [3.05, 3.63) is 18.2 Å². The zero-order valence-corrected chi connectivity index (χ0v) is 13.4. The molecule has 1 atom stereocenters. The SMILES string of the molecule is CCC(CSC)N(C)C(=O)NCCn1cnc(C(=O)O)c1. The van der Waals surface area contributed by atoms with Gasteiger partial charge in [-0.1, -0.05) is 6.92 Å². The van der Waals surface area contributed by atoms with Crippen molar-refractivity contribution in [3.8, 4) is 0 Å². The number of urea groups is 1. The molecule has 1 unspecified atom stereocenters. The summed E-state index contributed by atoms with van der Waals surface area (Å²) in [6.45, 7) is 2.97. The number of hydrogen-bond donors (Lipinski definition) is 2. The Balaban J connectivity index is 2.39. The molecule has 1 aromatic rings. The van der Waals surface area contributed by atoms with Crippen molar-refractivity contribution in [2.24, 2.45) is 0 Å². The van der Waals surface area contributed by atoms with E-state index >= 15 is 0 Å². The monoisotopic (exact) mass is 314 g/mol. The van der Waals surface area contributed by atoms with Gasteiger partial charge < -0.3 is 19.9 Å². The normalized spacial score (nSPS) is 12.0. The van der Waals surface area contributed by atoms with Gasteiger partial charge in [0.2, 0.25) is 0 Å². The van der Waals surface area contributed by atoms with Crippen molar-refractivity contribution in [3.63, 3.8) is 0 Å². The van der Waals surface area contributed by atoms with Crippen LogP contribution in [0.15, 0.2) is 12.5 Å². The van der Waals surface area contributed by atoms with Gasteiger partial charge in [0.05, 0.1) is 6.33 Å². The summed E-state index contributed by atoms with van der Waals surface area (Å²) in [5.41, 5.74) is 0.00413. The van der Waals surface area contributed by atoms with E-state index in [2.05, 4.69) is 17.2 Å². The molecular weight excluding hydrogens is 292 g/mol. The van der Waals surface area contributed by atoms with Gasteiger partial charge in [0.25, 0.3) is 0 Å². The third-order valence-electron chi connectivity index (χ3n) is 3.20. The van der Waals surface area contributed by atoms with Crippen LogP contribution in [0.1, 0.15) is 23.8 Å². The Labute approximate surface area is 128 Å². The maximum atomic E-state index is 12.0. The molecule has 1 aromatic heterocycles. The van der Waals surface area contributed by atoms with Gasteiger partial charge in [-0.25, -0.2) is 14.6 Å². The number of aromatic nitrogens is 2. The van der Waals surface area contributed by atoms with Gasteiger partial charge in [0.15, 0.2) is 5.69 Å². The number of hydrogen-bond acceptors (Lipinski definition) is 4. The molecule has 0 radical (unpaired) electrons.